The predicted octanol–water partition coefficient (Wildman–Crippen LogP) is 3.24. The van der Waals surface area contributed by atoms with E-state index in [0.29, 0.717) is 18.5 Å². The predicted molar refractivity (Wildman–Crippen MR) is 136 cm³/mol. The molecule has 2 atom stereocenters. The number of methoxy groups -OCH3 is 1. The number of nitrogens with one attached hydrogen (secondary N) is 2. The zero-order valence-electron chi connectivity index (χ0n) is 20.3. The highest BCUT2D eigenvalue weighted by atomic mass is 35.5. The van der Waals surface area contributed by atoms with E-state index in [9.17, 15) is 14.4 Å². The summed E-state index contributed by atoms with van der Waals surface area (Å²) in [5.74, 6) is -1.26. The Hall–Kier alpha value is -3.20. The number of amides is 1. The molecule has 0 fully saturated rings. The van der Waals surface area contributed by atoms with Crippen LogP contribution >= 0.6 is 12.4 Å². The minimum atomic E-state index is -1.11. The molecule has 4 N–H and O–H groups in total. The van der Waals surface area contributed by atoms with Crippen molar-refractivity contribution in [2.45, 2.75) is 51.2 Å². The first-order chi connectivity index (χ1) is 16.1. The standard InChI is InChI=1S/C26H30N4O4.ClH/c1-15(20-13-28-21-8-6-5-7-19(20)21)23(31)22-12-18-11-16(24(32)34-4)9-10-17(18)14-30(22)29-25(33)26(2,3)27;/h5-11,13,15,22,28H,12,14,27H2,1-4H3,(H,29,33);1H. The van der Waals surface area contributed by atoms with Crippen molar-refractivity contribution >= 4 is 41.0 Å². The molecule has 0 aliphatic carbocycles. The lowest BCUT2D eigenvalue weighted by atomic mass is 9.85. The van der Waals surface area contributed by atoms with Crippen molar-refractivity contribution in [3.05, 3.63) is 70.9 Å². The Kier molecular flexibility index (Phi) is 7.69. The zero-order chi connectivity index (χ0) is 24.6. The van der Waals surface area contributed by atoms with Crippen LogP contribution in [0, 0.1) is 0 Å². The molecule has 4 rings (SSSR count). The number of Topliss-reactive ketones (excluding diaryl/α,β-unsaturated/α-hetero) is 1. The Balaban J connectivity index is 0.00000342. The van der Waals surface area contributed by atoms with Gasteiger partial charge in [0.2, 0.25) is 0 Å². The molecule has 0 saturated heterocycles. The van der Waals surface area contributed by atoms with E-state index < -0.39 is 23.5 Å². The van der Waals surface area contributed by atoms with Gasteiger partial charge in [0.25, 0.3) is 5.91 Å². The molecule has 8 nitrogen and oxygen atoms in total. The number of nitrogens with two attached hydrogens (primary N) is 1. The minimum absolute atomic E-state index is 0. The maximum atomic E-state index is 13.8. The van der Waals surface area contributed by atoms with E-state index in [1.807, 2.05) is 43.5 Å². The number of H-pyrrole nitrogens is 1. The van der Waals surface area contributed by atoms with E-state index in [4.69, 9.17) is 10.5 Å². The Morgan fingerprint density at radius 1 is 1.17 bits per heavy atom. The molecule has 35 heavy (non-hydrogen) atoms. The number of fused-ring (bicyclic) bond motifs is 2. The van der Waals surface area contributed by atoms with Gasteiger partial charge >= 0.3 is 5.97 Å². The Morgan fingerprint density at radius 3 is 2.57 bits per heavy atom. The normalized spacial score (nSPS) is 16.7. The fourth-order valence-corrected chi connectivity index (χ4v) is 4.37. The van der Waals surface area contributed by atoms with Gasteiger partial charge < -0.3 is 15.5 Å². The van der Waals surface area contributed by atoms with Crippen LogP contribution in [-0.4, -0.2) is 46.3 Å². The third-order valence-corrected chi connectivity index (χ3v) is 6.43. The van der Waals surface area contributed by atoms with Gasteiger partial charge in [0, 0.05) is 29.6 Å². The maximum Gasteiger partial charge on any atom is 0.337 e. The van der Waals surface area contributed by atoms with Crippen molar-refractivity contribution in [1.82, 2.24) is 15.4 Å². The molecule has 0 saturated carbocycles. The molecule has 2 aromatic carbocycles. The van der Waals surface area contributed by atoms with Gasteiger partial charge in [0.05, 0.1) is 24.3 Å². The third kappa shape index (κ3) is 5.24. The highest BCUT2D eigenvalue weighted by Crippen LogP contribution is 2.31. The topological polar surface area (TPSA) is 118 Å². The first-order valence-electron chi connectivity index (χ1n) is 11.3. The molecule has 1 amide bonds. The van der Waals surface area contributed by atoms with Crippen molar-refractivity contribution in [3.8, 4) is 0 Å². The summed E-state index contributed by atoms with van der Waals surface area (Å²) < 4.78 is 4.85. The van der Waals surface area contributed by atoms with Gasteiger partial charge in [-0.1, -0.05) is 31.2 Å². The van der Waals surface area contributed by atoms with Crippen LogP contribution in [0.3, 0.4) is 0 Å². The van der Waals surface area contributed by atoms with Crippen LogP contribution in [0.1, 0.15) is 53.7 Å². The number of ether oxygens (including phenoxy) is 1. The fraction of sp³-hybridized carbons (Fsp3) is 0.346. The average Bonchev–Trinajstić information content (AvgIpc) is 3.25. The number of carbonyl (C=O) groups excluding carboxylic acids is 3. The summed E-state index contributed by atoms with van der Waals surface area (Å²) in [4.78, 5) is 41.8. The van der Waals surface area contributed by atoms with Crippen molar-refractivity contribution in [3.63, 3.8) is 0 Å². The van der Waals surface area contributed by atoms with E-state index in [1.165, 1.54) is 7.11 Å². The van der Waals surface area contributed by atoms with E-state index in [0.717, 1.165) is 27.6 Å². The molecule has 2 unspecified atom stereocenters. The quantitative estimate of drug-likeness (QED) is 0.449. The van der Waals surface area contributed by atoms with Crippen molar-refractivity contribution < 1.29 is 19.1 Å². The number of rotatable bonds is 6. The molecule has 1 aromatic heterocycles. The number of para-hydroxylation sites is 1. The summed E-state index contributed by atoms with van der Waals surface area (Å²) in [6.45, 7) is 5.43. The number of ketones is 1. The number of nitrogens with zero attached hydrogens (tertiary/aromatic N) is 1. The molecule has 0 bridgehead atoms. The summed E-state index contributed by atoms with van der Waals surface area (Å²) in [5, 5.41) is 2.66. The second kappa shape index (κ2) is 10.2. The molecular weight excluding hydrogens is 468 g/mol. The van der Waals surface area contributed by atoms with Crippen LogP contribution in [-0.2, 0) is 27.3 Å². The number of hydrogen-bond acceptors (Lipinski definition) is 6. The van der Waals surface area contributed by atoms with Crippen LogP contribution in [0.15, 0.2) is 48.7 Å². The Labute approximate surface area is 210 Å². The maximum absolute atomic E-state index is 13.8. The average molecular weight is 499 g/mol. The number of carbonyl (C=O) groups is 3. The molecular formula is C26H31ClN4O4. The van der Waals surface area contributed by atoms with Crippen molar-refractivity contribution in [1.29, 1.82) is 0 Å². The molecule has 0 spiro atoms. The lowest BCUT2D eigenvalue weighted by Crippen LogP contribution is -2.60. The molecule has 0 radical (unpaired) electrons. The molecule has 3 aromatic rings. The lowest BCUT2D eigenvalue weighted by molar-refractivity contribution is -0.136. The largest absolute Gasteiger partial charge is 0.465 e. The number of hydrazine groups is 1. The number of aromatic nitrogens is 1. The summed E-state index contributed by atoms with van der Waals surface area (Å²) >= 11 is 0. The summed E-state index contributed by atoms with van der Waals surface area (Å²) in [5.41, 5.74) is 11.9. The van der Waals surface area contributed by atoms with Crippen LogP contribution in [0.5, 0.6) is 0 Å². The first kappa shape index (κ1) is 26.4. The van der Waals surface area contributed by atoms with Crippen LogP contribution < -0.4 is 11.2 Å². The smallest absolute Gasteiger partial charge is 0.337 e. The number of esters is 1. The van der Waals surface area contributed by atoms with Gasteiger partial charge in [-0.15, -0.1) is 12.4 Å². The fourth-order valence-electron chi connectivity index (χ4n) is 4.37. The highest BCUT2D eigenvalue weighted by Gasteiger charge is 2.37. The van der Waals surface area contributed by atoms with Gasteiger partial charge in [-0.3, -0.25) is 15.0 Å². The lowest BCUT2D eigenvalue weighted by Gasteiger charge is -2.38. The highest BCUT2D eigenvalue weighted by molar-refractivity contribution is 5.96. The monoisotopic (exact) mass is 498 g/mol. The summed E-state index contributed by atoms with van der Waals surface area (Å²) in [7, 11) is 1.34. The van der Waals surface area contributed by atoms with Gasteiger partial charge in [0.1, 0.15) is 0 Å². The first-order valence-corrected chi connectivity index (χ1v) is 11.3. The van der Waals surface area contributed by atoms with Crippen molar-refractivity contribution in [2.24, 2.45) is 5.73 Å². The van der Waals surface area contributed by atoms with Gasteiger partial charge in [-0.05, 0) is 55.2 Å². The number of halogens is 1. The van der Waals surface area contributed by atoms with E-state index >= 15 is 0 Å². The SMILES string of the molecule is COC(=O)c1ccc2c(c1)CC(C(=O)C(C)c1c[nH]c3ccccc13)N(NC(=O)C(C)(C)N)C2.Cl. The van der Waals surface area contributed by atoms with Gasteiger partial charge in [-0.25, -0.2) is 9.80 Å². The van der Waals surface area contributed by atoms with Gasteiger partial charge in [0.15, 0.2) is 5.78 Å². The van der Waals surface area contributed by atoms with E-state index in [-0.39, 0.29) is 24.1 Å². The minimum Gasteiger partial charge on any atom is -0.465 e. The zero-order valence-corrected chi connectivity index (χ0v) is 21.1. The van der Waals surface area contributed by atoms with Crippen LogP contribution in [0.4, 0.5) is 0 Å². The number of hydrogen-bond donors (Lipinski definition) is 3. The number of benzene rings is 2. The molecule has 1 aliphatic rings. The van der Waals surface area contributed by atoms with E-state index in [2.05, 4.69) is 10.4 Å². The second-order valence-corrected chi connectivity index (χ2v) is 9.40. The Morgan fingerprint density at radius 2 is 1.89 bits per heavy atom. The van der Waals surface area contributed by atoms with E-state index in [1.54, 1.807) is 31.0 Å². The van der Waals surface area contributed by atoms with Crippen LogP contribution in [0.25, 0.3) is 10.9 Å². The molecule has 1 aliphatic heterocycles. The molecule has 9 heteroatoms. The summed E-state index contributed by atoms with van der Waals surface area (Å²) in [6.07, 6.45) is 2.21. The van der Waals surface area contributed by atoms with Crippen LogP contribution in [0.2, 0.25) is 0 Å². The molecule has 2 heterocycles. The molecule has 186 valence electrons. The Bertz CT molecular complexity index is 1260. The van der Waals surface area contributed by atoms with Gasteiger partial charge in [-0.2, -0.15) is 0 Å². The number of aromatic amines is 1. The second-order valence-electron chi connectivity index (χ2n) is 9.40. The summed E-state index contributed by atoms with van der Waals surface area (Å²) in [6, 6.07) is 12.5. The third-order valence-electron chi connectivity index (χ3n) is 6.43. The van der Waals surface area contributed by atoms with Crippen molar-refractivity contribution in [2.75, 3.05) is 7.11 Å².